The van der Waals surface area contributed by atoms with Crippen LogP contribution in [0.1, 0.15) is 47.0 Å². The molecular weight excluding hydrogens is 260 g/mol. The summed E-state index contributed by atoms with van der Waals surface area (Å²) in [5.74, 6) is 1.33. The fourth-order valence-corrected chi connectivity index (χ4v) is 4.31. The summed E-state index contributed by atoms with van der Waals surface area (Å²) in [6, 6.07) is 0. The van der Waals surface area contributed by atoms with Crippen molar-refractivity contribution in [3.05, 3.63) is 0 Å². The van der Waals surface area contributed by atoms with Crippen molar-refractivity contribution in [2.24, 2.45) is 11.8 Å². The molecule has 1 heterocycles. The van der Waals surface area contributed by atoms with Crippen molar-refractivity contribution in [3.63, 3.8) is 0 Å². The van der Waals surface area contributed by atoms with Crippen LogP contribution in [0.4, 0.5) is 0 Å². The van der Waals surface area contributed by atoms with Crippen LogP contribution in [-0.2, 0) is 10.0 Å². The van der Waals surface area contributed by atoms with Gasteiger partial charge in [-0.15, -0.1) is 0 Å². The SMILES string of the molecule is CCNCC(C)S(=O)(=O)N1CCCC(C(C)C)CC1. The number of rotatable bonds is 6. The van der Waals surface area contributed by atoms with Gasteiger partial charge < -0.3 is 5.32 Å². The van der Waals surface area contributed by atoms with Crippen LogP contribution in [0.15, 0.2) is 0 Å². The number of nitrogens with one attached hydrogen (secondary N) is 1. The van der Waals surface area contributed by atoms with E-state index in [9.17, 15) is 8.42 Å². The summed E-state index contributed by atoms with van der Waals surface area (Å²) in [5.41, 5.74) is 0. The first-order valence-corrected chi connectivity index (χ1v) is 9.09. The van der Waals surface area contributed by atoms with Gasteiger partial charge in [0, 0.05) is 19.6 Å². The summed E-state index contributed by atoms with van der Waals surface area (Å²) in [7, 11) is -3.14. The summed E-state index contributed by atoms with van der Waals surface area (Å²) >= 11 is 0. The van der Waals surface area contributed by atoms with Crippen LogP contribution in [0.3, 0.4) is 0 Å². The van der Waals surface area contributed by atoms with Gasteiger partial charge in [-0.2, -0.15) is 0 Å². The smallest absolute Gasteiger partial charge is 0.217 e. The Morgan fingerprint density at radius 1 is 1.21 bits per heavy atom. The quantitative estimate of drug-likeness (QED) is 0.815. The van der Waals surface area contributed by atoms with E-state index in [2.05, 4.69) is 19.2 Å². The molecule has 1 saturated heterocycles. The molecule has 1 rings (SSSR count). The fraction of sp³-hybridized carbons (Fsp3) is 1.00. The van der Waals surface area contributed by atoms with E-state index < -0.39 is 10.0 Å². The molecule has 4 nitrogen and oxygen atoms in total. The lowest BCUT2D eigenvalue weighted by molar-refractivity contribution is 0.340. The van der Waals surface area contributed by atoms with E-state index in [4.69, 9.17) is 0 Å². The Labute approximate surface area is 119 Å². The Kier molecular flexibility index (Phi) is 6.77. The minimum atomic E-state index is -3.14. The zero-order valence-corrected chi connectivity index (χ0v) is 13.7. The van der Waals surface area contributed by atoms with Crippen LogP contribution in [-0.4, -0.2) is 44.2 Å². The van der Waals surface area contributed by atoms with Gasteiger partial charge in [0.25, 0.3) is 0 Å². The molecule has 0 amide bonds. The van der Waals surface area contributed by atoms with Crippen molar-refractivity contribution in [3.8, 4) is 0 Å². The number of hydrogen-bond acceptors (Lipinski definition) is 3. The normalized spacial score (nSPS) is 24.4. The Morgan fingerprint density at radius 2 is 1.89 bits per heavy atom. The lowest BCUT2D eigenvalue weighted by Crippen LogP contribution is -2.42. The summed E-state index contributed by atoms with van der Waals surface area (Å²) in [6.07, 6.45) is 3.16. The minimum absolute atomic E-state index is 0.331. The number of hydrogen-bond donors (Lipinski definition) is 1. The van der Waals surface area contributed by atoms with Gasteiger partial charge in [-0.1, -0.05) is 20.8 Å². The number of sulfonamides is 1. The second-order valence-corrected chi connectivity index (χ2v) is 8.35. The first-order chi connectivity index (χ1) is 8.89. The first-order valence-electron chi connectivity index (χ1n) is 7.59. The van der Waals surface area contributed by atoms with Crippen molar-refractivity contribution in [2.45, 2.75) is 52.2 Å². The second kappa shape index (κ2) is 7.60. The fourth-order valence-electron chi connectivity index (χ4n) is 2.72. The van der Waals surface area contributed by atoms with Crippen LogP contribution in [0, 0.1) is 11.8 Å². The average Bonchev–Trinajstić information content (AvgIpc) is 2.61. The molecule has 0 saturated carbocycles. The third-order valence-corrected chi connectivity index (χ3v) is 6.49. The van der Waals surface area contributed by atoms with Gasteiger partial charge >= 0.3 is 0 Å². The number of nitrogens with zero attached hydrogens (tertiary/aromatic N) is 1. The third kappa shape index (κ3) is 4.72. The molecule has 0 bridgehead atoms. The topological polar surface area (TPSA) is 49.4 Å². The average molecular weight is 290 g/mol. The standard InChI is InChI=1S/C14H30N2O2S/c1-5-15-11-13(4)19(17,18)16-9-6-7-14(8-10-16)12(2)3/h12-15H,5-11H2,1-4H3. The monoisotopic (exact) mass is 290 g/mol. The van der Waals surface area contributed by atoms with Crippen LogP contribution in [0.2, 0.25) is 0 Å². The third-order valence-electron chi connectivity index (χ3n) is 4.22. The molecule has 0 aromatic rings. The zero-order valence-electron chi connectivity index (χ0n) is 12.9. The first kappa shape index (κ1) is 16.9. The predicted molar refractivity (Wildman–Crippen MR) is 80.7 cm³/mol. The molecule has 1 N–H and O–H groups in total. The molecule has 0 aromatic carbocycles. The van der Waals surface area contributed by atoms with Gasteiger partial charge in [-0.25, -0.2) is 12.7 Å². The second-order valence-electron chi connectivity index (χ2n) is 6.00. The van der Waals surface area contributed by atoms with Gasteiger partial charge in [0.05, 0.1) is 5.25 Å². The molecule has 2 atom stereocenters. The lowest BCUT2D eigenvalue weighted by Gasteiger charge is -2.25. The summed E-state index contributed by atoms with van der Waals surface area (Å²) in [4.78, 5) is 0. The minimum Gasteiger partial charge on any atom is -0.316 e. The lowest BCUT2D eigenvalue weighted by atomic mass is 9.89. The molecule has 114 valence electrons. The molecule has 0 spiro atoms. The molecular formula is C14H30N2O2S. The van der Waals surface area contributed by atoms with Crippen molar-refractivity contribution in [1.29, 1.82) is 0 Å². The summed E-state index contributed by atoms with van der Waals surface area (Å²) in [5, 5.41) is 2.80. The molecule has 2 unspecified atom stereocenters. The van der Waals surface area contributed by atoms with Crippen LogP contribution < -0.4 is 5.32 Å². The molecule has 5 heteroatoms. The maximum atomic E-state index is 12.5. The van der Waals surface area contributed by atoms with E-state index in [1.54, 1.807) is 4.31 Å². The van der Waals surface area contributed by atoms with Crippen molar-refractivity contribution >= 4 is 10.0 Å². The molecule has 1 fully saturated rings. The van der Waals surface area contributed by atoms with E-state index in [0.717, 1.165) is 25.8 Å². The molecule has 1 aliphatic heterocycles. The van der Waals surface area contributed by atoms with Gasteiger partial charge in [-0.05, 0) is 44.6 Å². The predicted octanol–water partition coefficient (Wildman–Crippen LogP) is 2.07. The van der Waals surface area contributed by atoms with Gasteiger partial charge in [0.15, 0.2) is 0 Å². The molecule has 0 radical (unpaired) electrons. The van der Waals surface area contributed by atoms with Crippen LogP contribution in [0.25, 0.3) is 0 Å². The zero-order chi connectivity index (χ0) is 14.5. The van der Waals surface area contributed by atoms with E-state index in [0.29, 0.717) is 31.5 Å². The summed E-state index contributed by atoms with van der Waals surface area (Å²) in [6.45, 7) is 11.0. The highest BCUT2D eigenvalue weighted by molar-refractivity contribution is 7.89. The highest BCUT2D eigenvalue weighted by Gasteiger charge is 2.30. The van der Waals surface area contributed by atoms with E-state index >= 15 is 0 Å². The van der Waals surface area contributed by atoms with Crippen molar-refractivity contribution in [2.75, 3.05) is 26.2 Å². The highest BCUT2D eigenvalue weighted by Crippen LogP contribution is 2.26. The van der Waals surface area contributed by atoms with Gasteiger partial charge in [-0.3, -0.25) is 0 Å². The maximum absolute atomic E-state index is 12.5. The molecule has 19 heavy (non-hydrogen) atoms. The highest BCUT2D eigenvalue weighted by atomic mass is 32.2. The van der Waals surface area contributed by atoms with E-state index in [1.165, 1.54) is 0 Å². The van der Waals surface area contributed by atoms with E-state index in [-0.39, 0.29) is 5.25 Å². The molecule has 0 aromatic heterocycles. The Balaban J connectivity index is 2.63. The van der Waals surface area contributed by atoms with Crippen LogP contribution in [0.5, 0.6) is 0 Å². The van der Waals surface area contributed by atoms with Crippen molar-refractivity contribution in [1.82, 2.24) is 9.62 Å². The molecule has 1 aliphatic rings. The van der Waals surface area contributed by atoms with Crippen molar-refractivity contribution < 1.29 is 8.42 Å². The van der Waals surface area contributed by atoms with E-state index in [1.807, 2.05) is 13.8 Å². The maximum Gasteiger partial charge on any atom is 0.217 e. The van der Waals surface area contributed by atoms with Crippen LogP contribution >= 0.6 is 0 Å². The Hall–Kier alpha value is -0.130. The van der Waals surface area contributed by atoms with Gasteiger partial charge in [0.1, 0.15) is 0 Å². The summed E-state index contributed by atoms with van der Waals surface area (Å²) < 4.78 is 26.7. The Bertz CT molecular complexity index is 354. The Morgan fingerprint density at radius 3 is 2.47 bits per heavy atom. The molecule has 0 aliphatic carbocycles. The largest absolute Gasteiger partial charge is 0.316 e. The van der Waals surface area contributed by atoms with Gasteiger partial charge in [0.2, 0.25) is 10.0 Å².